The molecule has 0 heterocycles. The lowest BCUT2D eigenvalue weighted by Gasteiger charge is -2.17. The summed E-state index contributed by atoms with van der Waals surface area (Å²) in [5.74, 6) is 0.684. The minimum Gasteiger partial charge on any atom is -0.385 e. The molecule has 112 valence electrons. The van der Waals surface area contributed by atoms with Gasteiger partial charge in [0.05, 0.1) is 5.56 Å². The molecule has 0 aliphatic rings. The van der Waals surface area contributed by atoms with Crippen molar-refractivity contribution in [1.82, 2.24) is 5.32 Å². The molecule has 0 saturated heterocycles. The van der Waals surface area contributed by atoms with E-state index in [9.17, 15) is 4.79 Å². The molecule has 1 atom stereocenters. The average molecular weight is 276 g/mol. The lowest BCUT2D eigenvalue weighted by atomic mass is 10.0. The van der Waals surface area contributed by atoms with E-state index in [-0.39, 0.29) is 11.9 Å². The zero-order valence-corrected chi connectivity index (χ0v) is 13.4. The predicted octanol–water partition coefficient (Wildman–Crippen LogP) is 3.98. The van der Waals surface area contributed by atoms with Gasteiger partial charge in [0.15, 0.2) is 0 Å². The van der Waals surface area contributed by atoms with Crippen molar-refractivity contribution in [2.45, 2.75) is 53.5 Å². The van der Waals surface area contributed by atoms with E-state index in [1.807, 2.05) is 32.0 Å². The van der Waals surface area contributed by atoms with Gasteiger partial charge >= 0.3 is 0 Å². The summed E-state index contributed by atoms with van der Waals surface area (Å²) in [5, 5.41) is 6.35. The van der Waals surface area contributed by atoms with Crippen molar-refractivity contribution in [2.75, 3.05) is 11.9 Å². The Morgan fingerprint density at radius 1 is 1.20 bits per heavy atom. The van der Waals surface area contributed by atoms with Gasteiger partial charge in [0.1, 0.15) is 0 Å². The summed E-state index contributed by atoms with van der Waals surface area (Å²) in [5.41, 5.74) is 2.81. The molecule has 0 bridgehead atoms. The van der Waals surface area contributed by atoms with E-state index in [2.05, 4.69) is 31.4 Å². The highest BCUT2D eigenvalue weighted by Gasteiger charge is 2.14. The molecule has 1 aromatic carbocycles. The first-order chi connectivity index (χ1) is 9.43. The maximum Gasteiger partial charge on any atom is 0.253 e. The number of rotatable bonds is 7. The molecule has 1 rings (SSSR count). The molecule has 3 nitrogen and oxygen atoms in total. The minimum absolute atomic E-state index is 0.0113. The summed E-state index contributed by atoms with van der Waals surface area (Å²) in [6.45, 7) is 11.4. The van der Waals surface area contributed by atoms with Gasteiger partial charge in [-0.15, -0.1) is 0 Å². The molecule has 3 heteroatoms. The first kappa shape index (κ1) is 16.5. The van der Waals surface area contributed by atoms with Crippen LogP contribution in [-0.4, -0.2) is 18.5 Å². The molecular formula is C17H28N2O. The third-order valence-corrected chi connectivity index (χ3v) is 3.34. The van der Waals surface area contributed by atoms with Crippen LogP contribution in [0.2, 0.25) is 0 Å². The number of hydrogen-bond acceptors (Lipinski definition) is 2. The normalized spacial score (nSPS) is 12.3. The maximum absolute atomic E-state index is 12.4. The van der Waals surface area contributed by atoms with Gasteiger partial charge in [-0.25, -0.2) is 0 Å². The number of amides is 1. The predicted molar refractivity (Wildman–Crippen MR) is 86.3 cm³/mol. The molecular weight excluding hydrogens is 248 g/mol. The van der Waals surface area contributed by atoms with Gasteiger partial charge in [-0.1, -0.05) is 19.9 Å². The Kier molecular flexibility index (Phi) is 6.56. The Morgan fingerprint density at radius 3 is 2.50 bits per heavy atom. The van der Waals surface area contributed by atoms with Crippen LogP contribution in [0.15, 0.2) is 18.2 Å². The second-order valence-electron chi connectivity index (χ2n) is 5.93. The molecule has 0 spiro atoms. The third-order valence-electron chi connectivity index (χ3n) is 3.34. The standard InChI is InChI=1S/C17H28N2O/c1-6-18-16-11-13(4)8-10-15(16)17(20)19-14(5)9-7-12(2)3/h8,10-12,14,18H,6-7,9H2,1-5H3,(H,19,20). The van der Waals surface area contributed by atoms with Crippen LogP contribution >= 0.6 is 0 Å². The molecule has 20 heavy (non-hydrogen) atoms. The average Bonchev–Trinajstić information content (AvgIpc) is 2.36. The second kappa shape index (κ2) is 7.93. The summed E-state index contributed by atoms with van der Waals surface area (Å²) < 4.78 is 0. The number of benzene rings is 1. The van der Waals surface area contributed by atoms with Crippen LogP contribution in [0.1, 0.15) is 56.5 Å². The second-order valence-corrected chi connectivity index (χ2v) is 5.93. The van der Waals surface area contributed by atoms with Crippen molar-refractivity contribution in [3.8, 4) is 0 Å². The molecule has 0 fully saturated rings. The van der Waals surface area contributed by atoms with E-state index in [4.69, 9.17) is 0 Å². The highest BCUT2D eigenvalue weighted by Crippen LogP contribution is 2.18. The number of nitrogens with one attached hydrogen (secondary N) is 2. The largest absolute Gasteiger partial charge is 0.385 e. The molecule has 0 radical (unpaired) electrons. The van der Waals surface area contributed by atoms with Gasteiger partial charge in [-0.3, -0.25) is 4.79 Å². The lowest BCUT2D eigenvalue weighted by Crippen LogP contribution is -2.33. The van der Waals surface area contributed by atoms with Crippen LogP contribution in [0.5, 0.6) is 0 Å². The maximum atomic E-state index is 12.4. The monoisotopic (exact) mass is 276 g/mol. The molecule has 0 saturated carbocycles. The molecule has 0 aliphatic carbocycles. The van der Waals surface area contributed by atoms with E-state index >= 15 is 0 Å². The number of carbonyl (C=O) groups excluding carboxylic acids is 1. The van der Waals surface area contributed by atoms with Gasteiger partial charge in [0.25, 0.3) is 5.91 Å². The molecule has 1 unspecified atom stereocenters. The van der Waals surface area contributed by atoms with Gasteiger partial charge < -0.3 is 10.6 Å². The van der Waals surface area contributed by atoms with Crippen LogP contribution in [0.25, 0.3) is 0 Å². The summed E-state index contributed by atoms with van der Waals surface area (Å²) in [4.78, 5) is 12.4. The highest BCUT2D eigenvalue weighted by atomic mass is 16.1. The van der Waals surface area contributed by atoms with Crippen molar-refractivity contribution < 1.29 is 4.79 Å². The van der Waals surface area contributed by atoms with Crippen molar-refractivity contribution in [3.63, 3.8) is 0 Å². The van der Waals surface area contributed by atoms with Crippen LogP contribution in [0, 0.1) is 12.8 Å². The van der Waals surface area contributed by atoms with Gasteiger partial charge in [0, 0.05) is 18.3 Å². The van der Waals surface area contributed by atoms with Crippen LogP contribution in [-0.2, 0) is 0 Å². The third kappa shape index (κ3) is 5.24. The van der Waals surface area contributed by atoms with E-state index in [1.165, 1.54) is 0 Å². The zero-order chi connectivity index (χ0) is 15.1. The number of hydrogen-bond donors (Lipinski definition) is 2. The molecule has 0 aliphatic heterocycles. The van der Waals surface area contributed by atoms with Gasteiger partial charge in [-0.2, -0.15) is 0 Å². The minimum atomic E-state index is 0.0113. The van der Waals surface area contributed by atoms with Gasteiger partial charge in [0.2, 0.25) is 0 Å². The van der Waals surface area contributed by atoms with Crippen molar-refractivity contribution in [3.05, 3.63) is 29.3 Å². The van der Waals surface area contributed by atoms with E-state index in [0.717, 1.165) is 36.2 Å². The fourth-order valence-electron chi connectivity index (χ4n) is 2.15. The van der Waals surface area contributed by atoms with E-state index < -0.39 is 0 Å². The Labute approximate surface area is 123 Å². The van der Waals surface area contributed by atoms with Crippen molar-refractivity contribution in [2.24, 2.45) is 5.92 Å². The van der Waals surface area contributed by atoms with E-state index in [0.29, 0.717) is 5.92 Å². The summed E-state index contributed by atoms with van der Waals surface area (Å²) >= 11 is 0. The Morgan fingerprint density at radius 2 is 1.90 bits per heavy atom. The van der Waals surface area contributed by atoms with Crippen molar-refractivity contribution in [1.29, 1.82) is 0 Å². The number of aryl methyl sites for hydroxylation is 1. The van der Waals surface area contributed by atoms with Gasteiger partial charge in [-0.05, 0) is 57.2 Å². The zero-order valence-electron chi connectivity index (χ0n) is 13.4. The smallest absolute Gasteiger partial charge is 0.253 e. The number of anilines is 1. The fourth-order valence-corrected chi connectivity index (χ4v) is 2.15. The Balaban J connectivity index is 2.71. The molecule has 2 N–H and O–H groups in total. The van der Waals surface area contributed by atoms with Crippen molar-refractivity contribution >= 4 is 11.6 Å². The van der Waals surface area contributed by atoms with Crippen LogP contribution < -0.4 is 10.6 Å². The Hall–Kier alpha value is -1.51. The fraction of sp³-hybridized carbons (Fsp3) is 0.588. The molecule has 0 aromatic heterocycles. The topological polar surface area (TPSA) is 41.1 Å². The molecule has 1 aromatic rings. The molecule has 1 amide bonds. The quantitative estimate of drug-likeness (QED) is 0.791. The Bertz CT molecular complexity index is 441. The number of carbonyl (C=O) groups is 1. The summed E-state index contributed by atoms with van der Waals surface area (Å²) in [7, 11) is 0. The lowest BCUT2D eigenvalue weighted by molar-refractivity contribution is 0.0938. The van der Waals surface area contributed by atoms with E-state index in [1.54, 1.807) is 0 Å². The summed E-state index contributed by atoms with van der Waals surface area (Å²) in [6.07, 6.45) is 2.15. The van der Waals surface area contributed by atoms with Crippen LogP contribution in [0.3, 0.4) is 0 Å². The SMILES string of the molecule is CCNc1cc(C)ccc1C(=O)NC(C)CCC(C)C. The van der Waals surface area contributed by atoms with Crippen LogP contribution in [0.4, 0.5) is 5.69 Å². The highest BCUT2D eigenvalue weighted by molar-refractivity contribution is 5.99. The summed E-state index contributed by atoms with van der Waals surface area (Å²) in [6, 6.07) is 6.12. The first-order valence-electron chi connectivity index (χ1n) is 7.59. The first-order valence-corrected chi connectivity index (χ1v) is 7.59.